The van der Waals surface area contributed by atoms with E-state index in [4.69, 9.17) is 0 Å². The fourth-order valence-electron chi connectivity index (χ4n) is 1.65. The zero-order valence-corrected chi connectivity index (χ0v) is 11.8. The molecule has 0 aliphatic heterocycles. The second-order valence-corrected chi connectivity index (χ2v) is 5.57. The molecule has 1 amide bonds. The minimum Gasteiger partial charge on any atom is -0.393 e. The summed E-state index contributed by atoms with van der Waals surface area (Å²) >= 11 is 1.58. The highest BCUT2D eigenvalue weighted by Gasteiger charge is 2.15. The van der Waals surface area contributed by atoms with Crippen LogP contribution in [0, 0.1) is 6.92 Å². The smallest absolute Gasteiger partial charge is 0.263 e. The standard InChI is InChI=1S/C13H21NO2S/c1-5-11-9(2)8-12(17-11)13(16)14(4)7-6-10(3)15/h8,10,15H,5-7H2,1-4H3. The maximum Gasteiger partial charge on any atom is 0.263 e. The number of carbonyl (C=O) groups excluding carboxylic acids is 1. The van der Waals surface area contributed by atoms with Crippen LogP contribution in [0.2, 0.25) is 0 Å². The molecule has 0 aliphatic rings. The van der Waals surface area contributed by atoms with Gasteiger partial charge in [-0.15, -0.1) is 11.3 Å². The number of aliphatic hydroxyl groups excluding tert-OH is 1. The van der Waals surface area contributed by atoms with Crippen molar-refractivity contribution in [2.75, 3.05) is 13.6 Å². The van der Waals surface area contributed by atoms with Crippen LogP contribution < -0.4 is 0 Å². The summed E-state index contributed by atoms with van der Waals surface area (Å²) < 4.78 is 0. The number of hydrogen-bond acceptors (Lipinski definition) is 3. The van der Waals surface area contributed by atoms with Crippen LogP contribution in [0.25, 0.3) is 0 Å². The Kier molecular flexibility index (Phi) is 5.15. The minimum atomic E-state index is -0.360. The van der Waals surface area contributed by atoms with Crippen molar-refractivity contribution in [1.82, 2.24) is 4.90 Å². The summed E-state index contributed by atoms with van der Waals surface area (Å²) in [6.45, 7) is 6.48. The minimum absolute atomic E-state index is 0.0541. The lowest BCUT2D eigenvalue weighted by Crippen LogP contribution is -2.28. The van der Waals surface area contributed by atoms with E-state index in [0.717, 1.165) is 11.3 Å². The molecule has 0 saturated carbocycles. The van der Waals surface area contributed by atoms with Gasteiger partial charge >= 0.3 is 0 Å². The third kappa shape index (κ3) is 3.82. The summed E-state index contributed by atoms with van der Waals surface area (Å²) in [5.74, 6) is 0.0541. The van der Waals surface area contributed by atoms with Gasteiger partial charge in [-0.1, -0.05) is 6.92 Å². The van der Waals surface area contributed by atoms with E-state index in [1.807, 2.05) is 13.0 Å². The van der Waals surface area contributed by atoms with Gasteiger partial charge in [-0.3, -0.25) is 4.79 Å². The predicted molar refractivity (Wildman–Crippen MR) is 71.7 cm³/mol. The summed E-state index contributed by atoms with van der Waals surface area (Å²) in [5, 5.41) is 9.20. The number of carbonyl (C=O) groups is 1. The second-order valence-electron chi connectivity index (χ2n) is 4.43. The first kappa shape index (κ1) is 14.2. The van der Waals surface area contributed by atoms with Crippen LogP contribution in [-0.2, 0) is 6.42 Å². The van der Waals surface area contributed by atoms with Gasteiger partial charge in [0.15, 0.2) is 0 Å². The van der Waals surface area contributed by atoms with E-state index in [1.54, 1.807) is 30.2 Å². The monoisotopic (exact) mass is 255 g/mol. The first-order chi connectivity index (χ1) is 7.95. The van der Waals surface area contributed by atoms with Crippen LogP contribution in [0.15, 0.2) is 6.07 Å². The van der Waals surface area contributed by atoms with E-state index in [2.05, 4.69) is 6.92 Å². The van der Waals surface area contributed by atoms with E-state index < -0.39 is 0 Å². The van der Waals surface area contributed by atoms with Gasteiger partial charge < -0.3 is 10.0 Å². The Balaban J connectivity index is 2.68. The molecule has 1 N–H and O–H groups in total. The molecule has 0 spiro atoms. The Morgan fingerprint density at radius 2 is 2.24 bits per heavy atom. The van der Waals surface area contributed by atoms with Crippen molar-refractivity contribution in [3.8, 4) is 0 Å². The molecule has 0 fully saturated rings. The van der Waals surface area contributed by atoms with Crippen LogP contribution in [0.5, 0.6) is 0 Å². The third-order valence-corrected chi connectivity index (χ3v) is 4.15. The molecule has 1 aromatic rings. The topological polar surface area (TPSA) is 40.5 Å². The van der Waals surface area contributed by atoms with E-state index in [0.29, 0.717) is 13.0 Å². The first-order valence-electron chi connectivity index (χ1n) is 5.98. The summed E-state index contributed by atoms with van der Waals surface area (Å²) in [7, 11) is 1.78. The third-order valence-electron chi connectivity index (χ3n) is 2.78. The van der Waals surface area contributed by atoms with Crippen molar-refractivity contribution in [2.24, 2.45) is 0 Å². The van der Waals surface area contributed by atoms with E-state index in [9.17, 15) is 9.90 Å². The van der Waals surface area contributed by atoms with Crippen molar-refractivity contribution in [1.29, 1.82) is 0 Å². The number of aryl methyl sites for hydroxylation is 2. The van der Waals surface area contributed by atoms with Crippen LogP contribution in [0.3, 0.4) is 0 Å². The molecule has 0 aromatic carbocycles. The van der Waals surface area contributed by atoms with Crippen molar-refractivity contribution >= 4 is 17.2 Å². The molecule has 1 unspecified atom stereocenters. The van der Waals surface area contributed by atoms with E-state index >= 15 is 0 Å². The van der Waals surface area contributed by atoms with Gasteiger partial charge in [0, 0.05) is 18.5 Å². The van der Waals surface area contributed by atoms with Gasteiger partial charge in [0.1, 0.15) is 0 Å². The number of aliphatic hydroxyl groups is 1. The molecule has 96 valence electrons. The van der Waals surface area contributed by atoms with Crippen LogP contribution >= 0.6 is 11.3 Å². The van der Waals surface area contributed by atoms with Crippen LogP contribution in [0.1, 0.15) is 40.4 Å². The molecular formula is C13H21NO2S. The molecule has 1 heterocycles. The fraction of sp³-hybridized carbons (Fsp3) is 0.615. The summed E-state index contributed by atoms with van der Waals surface area (Å²) in [6.07, 6.45) is 1.23. The van der Waals surface area contributed by atoms with Gasteiger partial charge in [-0.2, -0.15) is 0 Å². The molecular weight excluding hydrogens is 234 g/mol. The molecule has 17 heavy (non-hydrogen) atoms. The molecule has 0 bridgehead atoms. The van der Waals surface area contributed by atoms with Crippen molar-refractivity contribution in [3.63, 3.8) is 0 Å². The quantitative estimate of drug-likeness (QED) is 0.878. The van der Waals surface area contributed by atoms with Crippen LogP contribution in [-0.4, -0.2) is 35.6 Å². The normalized spacial score (nSPS) is 12.5. The highest BCUT2D eigenvalue weighted by atomic mass is 32.1. The van der Waals surface area contributed by atoms with Gasteiger partial charge in [-0.05, 0) is 38.3 Å². The zero-order chi connectivity index (χ0) is 13.0. The predicted octanol–water partition coefficient (Wildman–Crippen LogP) is 2.46. The number of nitrogens with zero attached hydrogens (tertiary/aromatic N) is 1. The SMILES string of the molecule is CCc1sc(C(=O)N(C)CCC(C)O)cc1C. The second kappa shape index (κ2) is 6.17. The van der Waals surface area contributed by atoms with E-state index in [1.165, 1.54) is 10.4 Å². The highest BCUT2D eigenvalue weighted by molar-refractivity contribution is 7.14. The molecule has 0 saturated heterocycles. The Labute approximate surface area is 107 Å². The largest absolute Gasteiger partial charge is 0.393 e. The molecule has 1 atom stereocenters. The zero-order valence-electron chi connectivity index (χ0n) is 11.0. The number of thiophene rings is 1. The molecule has 3 nitrogen and oxygen atoms in total. The maximum atomic E-state index is 12.1. The first-order valence-corrected chi connectivity index (χ1v) is 6.80. The summed E-state index contributed by atoms with van der Waals surface area (Å²) in [4.78, 5) is 15.8. The Morgan fingerprint density at radius 1 is 1.59 bits per heavy atom. The van der Waals surface area contributed by atoms with Gasteiger partial charge in [-0.25, -0.2) is 0 Å². The lowest BCUT2D eigenvalue weighted by molar-refractivity contribution is 0.0773. The number of hydrogen-bond donors (Lipinski definition) is 1. The van der Waals surface area contributed by atoms with Crippen molar-refractivity contribution in [3.05, 3.63) is 21.4 Å². The van der Waals surface area contributed by atoms with E-state index in [-0.39, 0.29) is 12.0 Å². The Bertz CT molecular complexity index is 385. The average Bonchev–Trinajstić information content (AvgIpc) is 2.66. The molecule has 0 aliphatic carbocycles. The van der Waals surface area contributed by atoms with Crippen LogP contribution in [0.4, 0.5) is 0 Å². The summed E-state index contributed by atoms with van der Waals surface area (Å²) in [6, 6.07) is 1.96. The van der Waals surface area contributed by atoms with Crippen molar-refractivity contribution in [2.45, 2.75) is 39.7 Å². The van der Waals surface area contributed by atoms with Gasteiger partial charge in [0.2, 0.25) is 0 Å². The number of rotatable bonds is 5. The maximum absolute atomic E-state index is 12.1. The van der Waals surface area contributed by atoms with Gasteiger partial charge in [0.05, 0.1) is 11.0 Å². The molecule has 1 rings (SSSR count). The molecule has 4 heteroatoms. The average molecular weight is 255 g/mol. The molecule has 1 aromatic heterocycles. The van der Waals surface area contributed by atoms with Gasteiger partial charge in [0.25, 0.3) is 5.91 Å². The fourth-order valence-corrected chi connectivity index (χ4v) is 2.75. The molecule has 0 radical (unpaired) electrons. The highest BCUT2D eigenvalue weighted by Crippen LogP contribution is 2.23. The Hall–Kier alpha value is -0.870. The lowest BCUT2D eigenvalue weighted by Gasteiger charge is -2.16. The van der Waals surface area contributed by atoms with Crippen molar-refractivity contribution < 1.29 is 9.90 Å². The Morgan fingerprint density at radius 3 is 2.71 bits per heavy atom. The summed E-state index contributed by atoms with van der Waals surface area (Å²) in [5.41, 5.74) is 1.20. The number of amides is 1. The lowest BCUT2D eigenvalue weighted by atomic mass is 10.2.